The highest BCUT2D eigenvalue weighted by Gasteiger charge is 2.21. The van der Waals surface area contributed by atoms with Crippen LogP contribution in [0.1, 0.15) is 46.6 Å². The first-order valence-corrected chi connectivity index (χ1v) is 12.9. The number of aromatic nitrogens is 1. The Morgan fingerprint density at radius 1 is 0.975 bits per heavy atom. The third-order valence-corrected chi connectivity index (χ3v) is 6.56. The Balaban J connectivity index is 1.44. The standard InChI is InChI=1S/C30H28ClN3O6/c1-18-27(33-30(37)39-19(2)23-9-5-6-10-24(23)31)28(40-34-18)21-12-14-22(15-13-21)29(36)32-25-11-7-4-8-20(25)16-17-26(35)38-3/h4-15,19H,16-17H2,1-3H3,(H,32,36)(H,33,37)/t19-/m1/s1. The SMILES string of the molecule is COC(=O)CCc1ccccc1NC(=O)c1ccc(-c2onc(C)c2NC(=O)O[C@H](C)c2ccccc2Cl)cc1. The lowest BCUT2D eigenvalue weighted by molar-refractivity contribution is -0.140. The zero-order chi connectivity index (χ0) is 28.6. The monoisotopic (exact) mass is 561 g/mol. The van der Waals surface area contributed by atoms with Crippen molar-refractivity contribution >= 4 is 40.9 Å². The van der Waals surface area contributed by atoms with Crippen LogP contribution in [-0.4, -0.2) is 30.2 Å². The number of amides is 2. The first-order chi connectivity index (χ1) is 19.3. The van der Waals surface area contributed by atoms with Gasteiger partial charge in [0.25, 0.3) is 5.91 Å². The molecule has 2 amide bonds. The molecule has 3 aromatic carbocycles. The number of benzene rings is 3. The number of aryl methyl sites for hydroxylation is 2. The Labute approximate surface area is 236 Å². The number of hydrogen-bond donors (Lipinski definition) is 2. The average Bonchev–Trinajstić information content (AvgIpc) is 3.31. The summed E-state index contributed by atoms with van der Waals surface area (Å²) in [6.45, 7) is 3.42. The predicted octanol–water partition coefficient (Wildman–Crippen LogP) is 6.97. The molecule has 2 N–H and O–H groups in total. The molecular formula is C30H28ClN3O6. The van der Waals surface area contributed by atoms with Crippen LogP contribution in [0, 0.1) is 6.92 Å². The average molecular weight is 562 g/mol. The van der Waals surface area contributed by atoms with Crippen molar-refractivity contribution in [2.45, 2.75) is 32.8 Å². The quantitative estimate of drug-likeness (QED) is 0.212. The Morgan fingerprint density at radius 3 is 2.40 bits per heavy atom. The number of carbonyl (C=O) groups excluding carboxylic acids is 3. The van der Waals surface area contributed by atoms with Gasteiger partial charge in [0.05, 0.1) is 7.11 Å². The Bertz CT molecular complexity index is 1520. The molecule has 0 aliphatic carbocycles. The first kappa shape index (κ1) is 28.4. The van der Waals surface area contributed by atoms with Crippen LogP contribution in [0.4, 0.5) is 16.2 Å². The van der Waals surface area contributed by atoms with Gasteiger partial charge in [0.2, 0.25) is 0 Å². The zero-order valence-corrected chi connectivity index (χ0v) is 23.0. The van der Waals surface area contributed by atoms with Crippen molar-refractivity contribution in [3.05, 3.63) is 100 Å². The largest absolute Gasteiger partial charge is 0.469 e. The molecule has 1 atom stereocenters. The van der Waals surface area contributed by atoms with E-state index in [1.54, 1.807) is 68.4 Å². The summed E-state index contributed by atoms with van der Waals surface area (Å²) in [4.78, 5) is 37.1. The van der Waals surface area contributed by atoms with E-state index in [1.807, 2.05) is 18.2 Å². The summed E-state index contributed by atoms with van der Waals surface area (Å²) in [6, 6.07) is 21.1. The van der Waals surface area contributed by atoms with E-state index < -0.39 is 12.2 Å². The van der Waals surface area contributed by atoms with Crippen molar-refractivity contribution in [2.24, 2.45) is 0 Å². The fraction of sp³-hybridized carbons (Fsp3) is 0.200. The summed E-state index contributed by atoms with van der Waals surface area (Å²) in [5.74, 6) is -0.321. The lowest BCUT2D eigenvalue weighted by Crippen LogP contribution is -2.17. The molecule has 9 nitrogen and oxygen atoms in total. The van der Waals surface area contributed by atoms with Gasteiger partial charge in [-0.15, -0.1) is 0 Å². The number of anilines is 2. The number of ether oxygens (including phenoxy) is 2. The topological polar surface area (TPSA) is 120 Å². The molecule has 0 fully saturated rings. The minimum absolute atomic E-state index is 0.206. The number of nitrogens with zero attached hydrogens (tertiary/aromatic N) is 1. The molecule has 206 valence electrons. The summed E-state index contributed by atoms with van der Waals surface area (Å²) >= 11 is 6.21. The fourth-order valence-corrected chi connectivity index (χ4v) is 4.33. The van der Waals surface area contributed by atoms with E-state index in [9.17, 15) is 14.4 Å². The molecule has 0 unspecified atom stereocenters. The number of rotatable bonds is 9. The molecule has 0 saturated heterocycles. The van der Waals surface area contributed by atoms with Gasteiger partial charge in [-0.25, -0.2) is 4.79 Å². The van der Waals surface area contributed by atoms with Crippen LogP contribution >= 0.6 is 11.6 Å². The molecule has 1 aromatic heterocycles. The van der Waals surface area contributed by atoms with E-state index in [4.69, 9.17) is 25.6 Å². The summed E-state index contributed by atoms with van der Waals surface area (Å²) in [6.07, 6.45) is -0.637. The normalized spacial score (nSPS) is 11.4. The van der Waals surface area contributed by atoms with Crippen LogP contribution in [0.15, 0.2) is 77.3 Å². The summed E-state index contributed by atoms with van der Waals surface area (Å²) < 4.78 is 15.7. The van der Waals surface area contributed by atoms with Gasteiger partial charge < -0.3 is 19.3 Å². The van der Waals surface area contributed by atoms with Crippen molar-refractivity contribution in [2.75, 3.05) is 17.7 Å². The third-order valence-electron chi connectivity index (χ3n) is 6.22. The first-order valence-electron chi connectivity index (χ1n) is 12.5. The minimum atomic E-state index is -0.693. The number of methoxy groups -OCH3 is 1. The molecule has 0 saturated carbocycles. The van der Waals surface area contributed by atoms with Crippen molar-refractivity contribution in [3.8, 4) is 11.3 Å². The Morgan fingerprint density at radius 2 is 1.68 bits per heavy atom. The molecule has 4 aromatic rings. The second-order valence-electron chi connectivity index (χ2n) is 8.93. The van der Waals surface area contributed by atoms with Gasteiger partial charge in [0.15, 0.2) is 5.76 Å². The van der Waals surface area contributed by atoms with Crippen LogP contribution in [0.5, 0.6) is 0 Å². The number of esters is 1. The molecular weight excluding hydrogens is 534 g/mol. The molecule has 1 heterocycles. The maximum absolute atomic E-state index is 12.9. The summed E-state index contributed by atoms with van der Waals surface area (Å²) in [5.41, 5.74) is 3.94. The summed E-state index contributed by atoms with van der Waals surface area (Å²) in [5, 5.41) is 10.1. The zero-order valence-electron chi connectivity index (χ0n) is 22.2. The lowest BCUT2D eigenvalue weighted by atomic mass is 10.1. The lowest BCUT2D eigenvalue weighted by Gasteiger charge is -2.15. The van der Waals surface area contributed by atoms with E-state index in [1.165, 1.54) is 7.11 Å². The van der Waals surface area contributed by atoms with Gasteiger partial charge >= 0.3 is 12.1 Å². The van der Waals surface area contributed by atoms with Crippen molar-refractivity contribution < 1.29 is 28.4 Å². The maximum Gasteiger partial charge on any atom is 0.412 e. The molecule has 40 heavy (non-hydrogen) atoms. The van der Waals surface area contributed by atoms with Crippen LogP contribution in [0.2, 0.25) is 5.02 Å². The summed E-state index contributed by atoms with van der Waals surface area (Å²) in [7, 11) is 1.34. The van der Waals surface area contributed by atoms with Gasteiger partial charge in [-0.2, -0.15) is 0 Å². The van der Waals surface area contributed by atoms with Crippen LogP contribution in [-0.2, 0) is 20.7 Å². The van der Waals surface area contributed by atoms with E-state index in [2.05, 4.69) is 15.8 Å². The van der Waals surface area contributed by atoms with Crippen LogP contribution in [0.3, 0.4) is 0 Å². The maximum atomic E-state index is 12.9. The van der Waals surface area contributed by atoms with E-state index in [0.717, 1.165) is 5.56 Å². The Kier molecular flexibility index (Phi) is 9.19. The molecule has 4 rings (SSSR count). The minimum Gasteiger partial charge on any atom is -0.469 e. The third kappa shape index (κ3) is 6.86. The second kappa shape index (κ2) is 12.9. The number of nitrogens with one attached hydrogen (secondary N) is 2. The Hall–Kier alpha value is -4.63. The number of para-hydroxylation sites is 1. The number of carbonyl (C=O) groups is 3. The molecule has 0 spiro atoms. The van der Waals surface area contributed by atoms with E-state index in [0.29, 0.717) is 51.0 Å². The van der Waals surface area contributed by atoms with E-state index in [-0.39, 0.29) is 18.3 Å². The number of hydrogen-bond acceptors (Lipinski definition) is 7. The predicted molar refractivity (Wildman–Crippen MR) is 151 cm³/mol. The van der Waals surface area contributed by atoms with Crippen molar-refractivity contribution in [3.63, 3.8) is 0 Å². The van der Waals surface area contributed by atoms with Gasteiger partial charge in [-0.1, -0.05) is 65.3 Å². The van der Waals surface area contributed by atoms with Gasteiger partial charge in [0, 0.05) is 33.8 Å². The highest BCUT2D eigenvalue weighted by Crippen LogP contribution is 2.32. The molecule has 0 aliphatic heterocycles. The van der Waals surface area contributed by atoms with E-state index >= 15 is 0 Å². The molecule has 10 heteroatoms. The molecule has 0 radical (unpaired) electrons. The van der Waals surface area contributed by atoms with Gasteiger partial charge in [-0.05, 0) is 50.1 Å². The van der Waals surface area contributed by atoms with Crippen LogP contribution < -0.4 is 10.6 Å². The van der Waals surface area contributed by atoms with Gasteiger partial charge in [0.1, 0.15) is 17.5 Å². The smallest absolute Gasteiger partial charge is 0.412 e. The molecule has 0 bridgehead atoms. The highest BCUT2D eigenvalue weighted by molar-refractivity contribution is 6.31. The van der Waals surface area contributed by atoms with Crippen molar-refractivity contribution in [1.82, 2.24) is 5.16 Å². The highest BCUT2D eigenvalue weighted by atomic mass is 35.5. The number of halogens is 1. The van der Waals surface area contributed by atoms with Gasteiger partial charge in [-0.3, -0.25) is 14.9 Å². The fourth-order valence-electron chi connectivity index (χ4n) is 4.04. The van der Waals surface area contributed by atoms with Crippen molar-refractivity contribution in [1.29, 1.82) is 0 Å². The molecule has 0 aliphatic rings. The second-order valence-corrected chi connectivity index (χ2v) is 9.34. The van der Waals surface area contributed by atoms with Crippen LogP contribution in [0.25, 0.3) is 11.3 Å².